The number of nitrogens with one attached hydrogen (secondary N) is 1. The van der Waals surface area contributed by atoms with Crippen molar-refractivity contribution in [2.24, 2.45) is 5.92 Å². The molecule has 1 unspecified atom stereocenters. The highest BCUT2D eigenvalue weighted by atomic mass is 16.2. The first kappa shape index (κ1) is 14.8. The van der Waals surface area contributed by atoms with Crippen LogP contribution in [0.1, 0.15) is 39.5 Å². The lowest BCUT2D eigenvalue weighted by atomic mass is 9.99. The molecule has 1 amide bonds. The number of amides is 1. The monoisotopic (exact) mass is 267 g/mol. The number of likely N-dealkylation sites (tertiary alicyclic amines) is 1. The molecule has 2 heterocycles. The lowest BCUT2D eigenvalue weighted by Crippen LogP contribution is -2.46. The van der Waals surface area contributed by atoms with E-state index in [4.69, 9.17) is 0 Å². The van der Waals surface area contributed by atoms with Crippen LogP contribution in [0.3, 0.4) is 0 Å². The summed E-state index contributed by atoms with van der Waals surface area (Å²) < 4.78 is 0. The molecule has 19 heavy (non-hydrogen) atoms. The van der Waals surface area contributed by atoms with Gasteiger partial charge in [-0.2, -0.15) is 0 Å². The fourth-order valence-electron chi connectivity index (χ4n) is 3.08. The lowest BCUT2D eigenvalue weighted by Gasteiger charge is -2.32. The highest BCUT2D eigenvalue weighted by molar-refractivity contribution is 5.78. The average molecular weight is 267 g/mol. The molecule has 110 valence electrons. The number of rotatable bonds is 5. The third-order valence-corrected chi connectivity index (χ3v) is 4.58. The summed E-state index contributed by atoms with van der Waals surface area (Å²) in [5.74, 6) is 1.11. The molecule has 2 aliphatic rings. The molecule has 2 saturated heterocycles. The Labute approximate surface area is 117 Å². The van der Waals surface area contributed by atoms with Gasteiger partial charge < -0.3 is 10.2 Å². The van der Waals surface area contributed by atoms with Gasteiger partial charge in [-0.1, -0.05) is 13.8 Å². The summed E-state index contributed by atoms with van der Waals surface area (Å²) in [6.07, 6.45) is 4.87. The van der Waals surface area contributed by atoms with Crippen LogP contribution in [0.5, 0.6) is 0 Å². The van der Waals surface area contributed by atoms with Gasteiger partial charge in [0, 0.05) is 25.7 Å². The van der Waals surface area contributed by atoms with Crippen molar-refractivity contribution in [3.8, 4) is 0 Å². The topological polar surface area (TPSA) is 35.6 Å². The van der Waals surface area contributed by atoms with Gasteiger partial charge in [0.2, 0.25) is 5.91 Å². The fourth-order valence-corrected chi connectivity index (χ4v) is 3.08. The largest absolute Gasteiger partial charge is 0.342 e. The fraction of sp³-hybridized carbons (Fsp3) is 0.933. The SMILES string of the molecule is CCN(CC(=O)N1CCC(C)CC1)CC1CCCN1. The van der Waals surface area contributed by atoms with Crippen LogP contribution in [-0.4, -0.2) is 61.0 Å². The predicted octanol–water partition coefficient (Wildman–Crippen LogP) is 1.32. The van der Waals surface area contributed by atoms with E-state index < -0.39 is 0 Å². The van der Waals surface area contributed by atoms with Gasteiger partial charge >= 0.3 is 0 Å². The molecule has 0 aliphatic carbocycles. The Hall–Kier alpha value is -0.610. The molecule has 4 heteroatoms. The van der Waals surface area contributed by atoms with Crippen LogP contribution in [-0.2, 0) is 4.79 Å². The molecule has 0 aromatic heterocycles. The summed E-state index contributed by atoms with van der Waals surface area (Å²) in [6.45, 7) is 10.1. The first-order valence-corrected chi connectivity index (χ1v) is 7.92. The molecule has 0 aromatic carbocycles. The van der Waals surface area contributed by atoms with Crippen LogP contribution < -0.4 is 5.32 Å². The van der Waals surface area contributed by atoms with Gasteiger partial charge in [-0.05, 0) is 44.7 Å². The van der Waals surface area contributed by atoms with Crippen LogP contribution in [0, 0.1) is 5.92 Å². The van der Waals surface area contributed by atoms with Gasteiger partial charge in [-0.3, -0.25) is 9.69 Å². The summed E-state index contributed by atoms with van der Waals surface area (Å²) >= 11 is 0. The summed E-state index contributed by atoms with van der Waals surface area (Å²) in [7, 11) is 0. The van der Waals surface area contributed by atoms with E-state index >= 15 is 0 Å². The van der Waals surface area contributed by atoms with Gasteiger partial charge in [0.15, 0.2) is 0 Å². The smallest absolute Gasteiger partial charge is 0.236 e. The van der Waals surface area contributed by atoms with Crippen molar-refractivity contribution >= 4 is 5.91 Å². The van der Waals surface area contributed by atoms with E-state index in [-0.39, 0.29) is 0 Å². The van der Waals surface area contributed by atoms with Gasteiger partial charge in [-0.15, -0.1) is 0 Å². The zero-order valence-electron chi connectivity index (χ0n) is 12.5. The van der Waals surface area contributed by atoms with Crippen LogP contribution in [0.4, 0.5) is 0 Å². The van der Waals surface area contributed by atoms with Crippen molar-refractivity contribution in [1.82, 2.24) is 15.1 Å². The van der Waals surface area contributed by atoms with Gasteiger partial charge in [0.25, 0.3) is 0 Å². The van der Waals surface area contributed by atoms with Crippen molar-refractivity contribution < 1.29 is 4.79 Å². The maximum absolute atomic E-state index is 12.3. The van der Waals surface area contributed by atoms with E-state index in [0.29, 0.717) is 18.5 Å². The van der Waals surface area contributed by atoms with Crippen molar-refractivity contribution in [2.75, 3.05) is 39.3 Å². The Kier molecular flexibility index (Phi) is 5.64. The van der Waals surface area contributed by atoms with Crippen molar-refractivity contribution in [2.45, 2.75) is 45.6 Å². The first-order chi connectivity index (χ1) is 9.19. The molecular weight excluding hydrogens is 238 g/mol. The van der Waals surface area contributed by atoms with Crippen LogP contribution >= 0.6 is 0 Å². The highest BCUT2D eigenvalue weighted by Gasteiger charge is 2.23. The Morgan fingerprint density at radius 1 is 1.32 bits per heavy atom. The number of nitrogens with zero attached hydrogens (tertiary/aromatic N) is 2. The third-order valence-electron chi connectivity index (χ3n) is 4.58. The van der Waals surface area contributed by atoms with Crippen molar-refractivity contribution in [3.63, 3.8) is 0 Å². The second kappa shape index (κ2) is 7.25. The molecular formula is C15H29N3O. The Morgan fingerprint density at radius 2 is 2.05 bits per heavy atom. The molecule has 0 spiro atoms. The molecule has 0 aromatic rings. The van der Waals surface area contributed by atoms with Gasteiger partial charge in [0.1, 0.15) is 0 Å². The maximum atomic E-state index is 12.3. The lowest BCUT2D eigenvalue weighted by molar-refractivity contribution is -0.133. The molecule has 1 N–H and O–H groups in total. The number of piperidine rings is 1. The van der Waals surface area contributed by atoms with Crippen LogP contribution in [0.25, 0.3) is 0 Å². The minimum absolute atomic E-state index is 0.326. The highest BCUT2D eigenvalue weighted by Crippen LogP contribution is 2.16. The van der Waals surface area contributed by atoms with E-state index in [9.17, 15) is 4.79 Å². The minimum Gasteiger partial charge on any atom is -0.342 e. The molecule has 0 radical (unpaired) electrons. The molecule has 2 aliphatic heterocycles. The van der Waals surface area contributed by atoms with E-state index in [2.05, 4.69) is 29.0 Å². The summed E-state index contributed by atoms with van der Waals surface area (Å²) in [4.78, 5) is 16.7. The molecule has 1 atom stereocenters. The second-order valence-corrected chi connectivity index (χ2v) is 6.18. The number of hydrogen-bond acceptors (Lipinski definition) is 3. The first-order valence-electron chi connectivity index (χ1n) is 7.92. The molecule has 2 rings (SSSR count). The summed E-state index contributed by atoms with van der Waals surface area (Å²) in [6, 6.07) is 0.592. The van der Waals surface area contributed by atoms with Crippen molar-refractivity contribution in [3.05, 3.63) is 0 Å². The molecule has 0 bridgehead atoms. The third kappa shape index (κ3) is 4.46. The van der Waals surface area contributed by atoms with E-state index in [1.807, 2.05) is 0 Å². The zero-order valence-corrected chi connectivity index (χ0v) is 12.5. The molecule has 2 fully saturated rings. The Morgan fingerprint density at radius 3 is 2.63 bits per heavy atom. The number of hydrogen-bond donors (Lipinski definition) is 1. The minimum atomic E-state index is 0.326. The quantitative estimate of drug-likeness (QED) is 0.816. The normalized spacial score (nSPS) is 25.2. The van der Waals surface area contributed by atoms with Gasteiger partial charge in [-0.25, -0.2) is 0 Å². The molecule has 0 saturated carbocycles. The number of carbonyl (C=O) groups is 1. The van der Waals surface area contributed by atoms with Crippen LogP contribution in [0.15, 0.2) is 0 Å². The summed E-state index contributed by atoms with van der Waals surface area (Å²) in [5, 5.41) is 3.51. The van der Waals surface area contributed by atoms with Crippen molar-refractivity contribution in [1.29, 1.82) is 0 Å². The number of carbonyl (C=O) groups excluding carboxylic acids is 1. The summed E-state index contributed by atoms with van der Waals surface area (Å²) in [5.41, 5.74) is 0. The van der Waals surface area contributed by atoms with E-state index in [1.54, 1.807) is 0 Å². The van der Waals surface area contributed by atoms with E-state index in [1.165, 1.54) is 25.7 Å². The predicted molar refractivity (Wildman–Crippen MR) is 78.1 cm³/mol. The standard InChI is InChI=1S/C15H29N3O/c1-3-17(11-14-5-4-8-16-14)12-15(19)18-9-6-13(2)7-10-18/h13-14,16H,3-12H2,1-2H3. The Balaban J connectivity index is 1.75. The second-order valence-electron chi connectivity index (χ2n) is 6.18. The van der Waals surface area contributed by atoms with E-state index in [0.717, 1.165) is 38.6 Å². The average Bonchev–Trinajstić information content (AvgIpc) is 2.91. The Bertz CT molecular complexity index is 281. The molecule has 4 nitrogen and oxygen atoms in total. The van der Waals surface area contributed by atoms with Crippen LogP contribution in [0.2, 0.25) is 0 Å². The maximum Gasteiger partial charge on any atom is 0.236 e. The zero-order chi connectivity index (χ0) is 13.7. The number of likely N-dealkylation sites (N-methyl/N-ethyl adjacent to an activating group) is 1. The van der Waals surface area contributed by atoms with Gasteiger partial charge in [0.05, 0.1) is 6.54 Å².